The molecule has 0 spiro atoms. The van der Waals surface area contributed by atoms with Gasteiger partial charge in [-0.25, -0.2) is 8.78 Å². The van der Waals surface area contributed by atoms with E-state index in [1.165, 1.54) is 31.2 Å². The van der Waals surface area contributed by atoms with Gasteiger partial charge in [0.05, 0.1) is 6.10 Å². The van der Waals surface area contributed by atoms with E-state index in [9.17, 15) is 13.9 Å². The van der Waals surface area contributed by atoms with Gasteiger partial charge < -0.3 is 9.84 Å². The van der Waals surface area contributed by atoms with Crippen LogP contribution in [-0.4, -0.2) is 5.11 Å². The number of aliphatic hydroxyl groups excluding tert-OH is 1. The largest absolute Gasteiger partial charge is 0.489 e. The smallest absolute Gasteiger partial charge is 0.132 e. The van der Waals surface area contributed by atoms with Gasteiger partial charge in [-0.15, -0.1) is 0 Å². The Bertz CT molecular complexity index is 595. The number of halogens is 3. The van der Waals surface area contributed by atoms with Gasteiger partial charge in [-0.05, 0) is 42.8 Å². The first-order valence-corrected chi connectivity index (χ1v) is 6.80. The summed E-state index contributed by atoms with van der Waals surface area (Å²) in [6.45, 7) is 1.62. The molecule has 0 saturated heterocycles. The van der Waals surface area contributed by atoms with Gasteiger partial charge >= 0.3 is 0 Å². The lowest BCUT2D eigenvalue weighted by Crippen LogP contribution is -1.99. The van der Waals surface area contributed by atoms with Crippen LogP contribution in [0.4, 0.5) is 8.78 Å². The van der Waals surface area contributed by atoms with Crippen molar-refractivity contribution in [2.24, 2.45) is 0 Å². The zero-order valence-electron chi connectivity index (χ0n) is 10.7. The Morgan fingerprint density at radius 3 is 2.55 bits per heavy atom. The van der Waals surface area contributed by atoms with E-state index in [1.807, 2.05) is 0 Å². The van der Waals surface area contributed by atoms with Gasteiger partial charge in [0.25, 0.3) is 0 Å². The molecule has 5 heteroatoms. The van der Waals surface area contributed by atoms with Crippen molar-refractivity contribution in [3.8, 4) is 5.75 Å². The van der Waals surface area contributed by atoms with Crippen LogP contribution in [0.25, 0.3) is 0 Å². The van der Waals surface area contributed by atoms with Gasteiger partial charge in [0.2, 0.25) is 0 Å². The molecule has 0 aliphatic heterocycles. The van der Waals surface area contributed by atoms with Gasteiger partial charge in [0, 0.05) is 16.1 Å². The third-order valence-corrected chi connectivity index (χ3v) is 3.21. The number of rotatable bonds is 4. The highest BCUT2D eigenvalue weighted by atomic mass is 79.9. The van der Waals surface area contributed by atoms with Crippen LogP contribution in [-0.2, 0) is 6.61 Å². The minimum Gasteiger partial charge on any atom is -0.489 e. The maximum Gasteiger partial charge on any atom is 0.132 e. The second kappa shape index (κ2) is 6.33. The third kappa shape index (κ3) is 3.77. The average molecular weight is 343 g/mol. The molecule has 0 aromatic heterocycles. The molecule has 0 amide bonds. The summed E-state index contributed by atoms with van der Waals surface area (Å²) in [7, 11) is 0. The van der Waals surface area contributed by atoms with Gasteiger partial charge in [-0.1, -0.05) is 15.9 Å². The number of ether oxygens (including phenoxy) is 1. The molecular weight excluding hydrogens is 330 g/mol. The van der Waals surface area contributed by atoms with E-state index in [0.29, 0.717) is 15.8 Å². The zero-order valence-corrected chi connectivity index (χ0v) is 12.3. The van der Waals surface area contributed by atoms with Crippen molar-refractivity contribution in [1.29, 1.82) is 0 Å². The molecule has 106 valence electrons. The molecule has 0 saturated carbocycles. The summed E-state index contributed by atoms with van der Waals surface area (Å²) in [6, 6.07) is 8.67. The van der Waals surface area contributed by atoms with Crippen LogP contribution in [0.3, 0.4) is 0 Å². The Balaban J connectivity index is 2.09. The minimum absolute atomic E-state index is 0.129. The lowest BCUT2D eigenvalue weighted by molar-refractivity contribution is 0.194. The Kier molecular flexibility index (Phi) is 4.73. The predicted octanol–water partition coefficient (Wildman–Crippen LogP) is 4.36. The SMILES string of the molecule is CC(O)c1ccc(OCc2cc(F)cc(Br)c2)cc1F. The number of hydrogen-bond acceptors (Lipinski definition) is 2. The van der Waals surface area contributed by atoms with Gasteiger partial charge in [-0.2, -0.15) is 0 Å². The fourth-order valence-corrected chi connectivity index (χ4v) is 2.31. The normalized spacial score (nSPS) is 12.2. The number of hydrogen-bond donors (Lipinski definition) is 1. The summed E-state index contributed by atoms with van der Waals surface area (Å²) < 4.78 is 32.9. The molecule has 0 bridgehead atoms. The van der Waals surface area contributed by atoms with Crippen LogP contribution in [0, 0.1) is 11.6 Å². The fourth-order valence-electron chi connectivity index (χ4n) is 1.80. The molecule has 2 nitrogen and oxygen atoms in total. The van der Waals surface area contributed by atoms with Crippen LogP contribution >= 0.6 is 15.9 Å². The van der Waals surface area contributed by atoms with E-state index < -0.39 is 11.9 Å². The summed E-state index contributed by atoms with van der Waals surface area (Å²) in [4.78, 5) is 0. The van der Waals surface area contributed by atoms with Crippen molar-refractivity contribution < 1.29 is 18.6 Å². The standard InChI is InChI=1S/C15H13BrF2O2/c1-9(19)14-3-2-13(7-15(14)18)20-8-10-4-11(16)6-12(17)5-10/h2-7,9,19H,8H2,1H3. The summed E-state index contributed by atoms with van der Waals surface area (Å²) in [5, 5.41) is 9.34. The molecule has 0 aliphatic rings. The van der Waals surface area contributed by atoms with Crippen molar-refractivity contribution in [3.05, 3.63) is 63.6 Å². The quantitative estimate of drug-likeness (QED) is 0.894. The fraction of sp³-hybridized carbons (Fsp3) is 0.200. The Labute approximate surface area is 124 Å². The first kappa shape index (κ1) is 14.9. The number of aliphatic hydroxyl groups is 1. The molecular formula is C15H13BrF2O2. The average Bonchev–Trinajstić information content (AvgIpc) is 2.35. The predicted molar refractivity (Wildman–Crippen MR) is 75.5 cm³/mol. The van der Waals surface area contributed by atoms with E-state index in [4.69, 9.17) is 4.74 Å². The van der Waals surface area contributed by atoms with Gasteiger partial charge in [-0.3, -0.25) is 0 Å². The summed E-state index contributed by atoms with van der Waals surface area (Å²) in [5.41, 5.74) is 0.850. The van der Waals surface area contributed by atoms with Crippen LogP contribution in [0.5, 0.6) is 5.75 Å². The topological polar surface area (TPSA) is 29.5 Å². The van der Waals surface area contributed by atoms with Gasteiger partial charge in [0.15, 0.2) is 0 Å². The van der Waals surface area contributed by atoms with Crippen molar-refractivity contribution in [2.75, 3.05) is 0 Å². The molecule has 0 fully saturated rings. The summed E-state index contributed by atoms with van der Waals surface area (Å²) >= 11 is 3.19. The molecule has 2 aromatic rings. The van der Waals surface area contributed by atoms with E-state index in [0.717, 1.165) is 0 Å². The lowest BCUT2D eigenvalue weighted by atomic mass is 10.1. The Hall–Kier alpha value is -1.46. The maximum absolute atomic E-state index is 13.6. The third-order valence-electron chi connectivity index (χ3n) is 2.75. The highest BCUT2D eigenvalue weighted by Crippen LogP contribution is 2.23. The molecule has 1 unspecified atom stereocenters. The van der Waals surface area contributed by atoms with E-state index >= 15 is 0 Å². The Morgan fingerprint density at radius 1 is 1.20 bits per heavy atom. The maximum atomic E-state index is 13.6. The van der Waals surface area contributed by atoms with E-state index in [-0.39, 0.29) is 18.0 Å². The first-order valence-electron chi connectivity index (χ1n) is 6.01. The van der Waals surface area contributed by atoms with Crippen molar-refractivity contribution in [1.82, 2.24) is 0 Å². The van der Waals surface area contributed by atoms with Crippen LogP contribution in [0.1, 0.15) is 24.2 Å². The second-order valence-corrected chi connectivity index (χ2v) is 5.34. The number of benzene rings is 2. The lowest BCUT2D eigenvalue weighted by Gasteiger charge is -2.10. The highest BCUT2D eigenvalue weighted by Gasteiger charge is 2.09. The molecule has 1 atom stereocenters. The van der Waals surface area contributed by atoms with Crippen molar-refractivity contribution >= 4 is 15.9 Å². The first-order chi connectivity index (χ1) is 9.45. The van der Waals surface area contributed by atoms with Gasteiger partial charge in [0.1, 0.15) is 24.0 Å². The van der Waals surface area contributed by atoms with Crippen molar-refractivity contribution in [3.63, 3.8) is 0 Å². The van der Waals surface area contributed by atoms with E-state index in [2.05, 4.69) is 15.9 Å². The summed E-state index contributed by atoms with van der Waals surface area (Å²) in [6.07, 6.45) is -0.872. The van der Waals surface area contributed by atoms with Crippen LogP contribution in [0.15, 0.2) is 40.9 Å². The van der Waals surface area contributed by atoms with Crippen LogP contribution < -0.4 is 4.74 Å². The van der Waals surface area contributed by atoms with E-state index in [1.54, 1.807) is 12.1 Å². The summed E-state index contributed by atoms with van der Waals surface area (Å²) in [5.74, 6) is -0.571. The molecule has 0 aliphatic carbocycles. The molecule has 0 heterocycles. The molecule has 1 N–H and O–H groups in total. The highest BCUT2D eigenvalue weighted by molar-refractivity contribution is 9.10. The molecule has 0 radical (unpaired) electrons. The zero-order chi connectivity index (χ0) is 14.7. The molecule has 2 aromatic carbocycles. The Morgan fingerprint density at radius 2 is 1.95 bits per heavy atom. The van der Waals surface area contributed by atoms with Crippen molar-refractivity contribution in [2.45, 2.75) is 19.6 Å². The molecule has 20 heavy (non-hydrogen) atoms. The minimum atomic E-state index is -0.872. The monoisotopic (exact) mass is 342 g/mol. The van der Waals surface area contributed by atoms with Crippen LogP contribution in [0.2, 0.25) is 0 Å². The molecule has 2 rings (SSSR count). The second-order valence-electron chi connectivity index (χ2n) is 4.43.